The van der Waals surface area contributed by atoms with Crippen LogP contribution in [0.5, 0.6) is 0 Å². The third kappa shape index (κ3) is 3.96. The van der Waals surface area contributed by atoms with Gasteiger partial charge in [-0.05, 0) is 18.8 Å². The predicted octanol–water partition coefficient (Wildman–Crippen LogP) is 3.60. The summed E-state index contributed by atoms with van der Waals surface area (Å²) in [6.07, 6.45) is 5.86. The standard InChI is InChI=1S/C6H11Br.C2H6/c7-5-6-3-1-2-4-6;1-2/h6H,1-5H2;1-2H3. The van der Waals surface area contributed by atoms with E-state index < -0.39 is 0 Å². The zero-order valence-corrected chi connectivity index (χ0v) is 8.08. The minimum Gasteiger partial charge on any atom is -0.0925 e. The molecule has 0 bridgehead atoms. The Morgan fingerprint density at radius 1 is 1.22 bits per heavy atom. The predicted molar refractivity (Wildman–Crippen MR) is 47.1 cm³/mol. The van der Waals surface area contributed by atoms with Crippen LogP contribution in [0.15, 0.2) is 0 Å². The molecule has 0 heterocycles. The van der Waals surface area contributed by atoms with Gasteiger partial charge in [-0.1, -0.05) is 42.6 Å². The highest BCUT2D eigenvalue weighted by Gasteiger charge is 2.11. The number of halogens is 1. The summed E-state index contributed by atoms with van der Waals surface area (Å²) >= 11 is 3.48. The summed E-state index contributed by atoms with van der Waals surface area (Å²) < 4.78 is 0. The molecule has 56 valence electrons. The van der Waals surface area contributed by atoms with Crippen molar-refractivity contribution in [3.8, 4) is 0 Å². The first-order valence-corrected chi connectivity index (χ1v) is 5.11. The van der Waals surface area contributed by atoms with E-state index in [0.29, 0.717) is 0 Å². The minimum absolute atomic E-state index is 1.01. The lowest BCUT2D eigenvalue weighted by Crippen LogP contribution is -1.91. The van der Waals surface area contributed by atoms with Crippen LogP contribution in [-0.2, 0) is 0 Å². The lowest BCUT2D eigenvalue weighted by atomic mass is 10.1. The van der Waals surface area contributed by atoms with Gasteiger partial charge in [0.25, 0.3) is 0 Å². The average Bonchev–Trinajstić information content (AvgIpc) is 2.43. The Morgan fingerprint density at radius 3 is 1.89 bits per heavy atom. The number of hydrogen-bond donors (Lipinski definition) is 0. The normalized spacial score (nSPS) is 19.0. The maximum Gasteiger partial charge on any atom is 0.00596 e. The summed E-state index contributed by atoms with van der Waals surface area (Å²) in [7, 11) is 0. The van der Waals surface area contributed by atoms with Crippen LogP contribution >= 0.6 is 15.9 Å². The quantitative estimate of drug-likeness (QED) is 0.558. The summed E-state index contributed by atoms with van der Waals surface area (Å²) in [6.45, 7) is 4.00. The lowest BCUT2D eigenvalue weighted by molar-refractivity contribution is 0.627. The topological polar surface area (TPSA) is 0 Å². The Labute approximate surface area is 67.2 Å². The third-order valence-corrected chi connectivity index (χ3v) is 2.61. The van der Waals surface area contributed by atoms with E-state index in [-0.39, 0.29) is 0 Å². The van der Waals surface area contributed by atoms with Crippen LogP contribution in [0.2, 0.25) is 0 Å². The molecule has 0 saturated heterocycles. The van der Waals surface area contributed by atoms with Gasteiger partial charge in [-0.15, -0.1) is 0 Å². The summed E-state index contributed by atoms with van der Waals surface area (Å²) in [6, 6.07) is 0. The van der Waals surface area contributed by atoms with Crippen LogP contribution < -0.4 is 0 Å². The second-order valence-electron chi connectivity index (χ2n) is 2.30. The third-order valence-electron chi connectivity index (χ3n) is 1.69. The molecule has 0 aromatic heterocycles. The van der Waals surface area contributed by atoms with Gasteiger partial charge in [0.15, 0.2) is 0 Å². The van der Waals surface area contributed by atoms with Gasteiger partial charge >= 0.3 is 0 Å². The first kappa shape index (κ1) is 9.48. The van der Waals surface area contributed by atoms with Crippen LogP contribution in [0, 0.1) is 5.92 Å². The average molecular weight is 193 g/mol. The van der Waals surface area contributed by atoms with E-state index in [1.165, 1.54) is 31.0 Å². The van der Waals surface area contributed by atoms with Crippen molar-refractivity contribution in [2.45, 2.75) is 39.5 Å². The smallest absolute Gasteiger partial charge is 0.00596 e. The molecule has 0 nitrogen and oxygen atoms in total. The molecule has 1 aliphatic rings. The molecular formula is C8H17Br. The molecule has 1 aliphatic carbocycles. The molecule has 0 unspecified atom stereocenters. The monoisotopic (exact) mass is 192 g/mol. The fourth-order valence-corrected chi connectivity index (χ4v) is 1.81. The first-order valence-electron chi connectivity index (χ1n) is 3.99. The van der Waals surface area contributed by atoms with Gasteiger partial charge in [-0.2, -0.15) is 0 Å². The van der Waals surface area contributed by atoms with E-state index in [1.807, 2.05) is 13.8 Å². The van der Waals surface area contributed by atoms with Gasteiger partial charge < -0.3 is 0 Å². The zero-order chi connectivity index (χ0) is 7.11. The Balaban J connectivity index is 0.000000291. The van der Waals surface area contributed by atoms with Gasteiger partial charge in [-0.3, -0.25) is 0 Å². The summed E-state index contributed by atoms with van der Waals surface area (Å²) in [5, 5.41) is 1.23. The number of hydrogen-bond acceptors (Lipinski definition) is 0. The van der Waals surface area contributed by atoms with E-state index in [4.69, 9.17) is 0 Å². The van der Waals surface area contributed by atoms with Crippen molar-refractivity contribution in [1.82, 2.24) is 0 Å². The molecule has 9 heavy (non-hydrogen) atoms. The Bertz CT molecular complexity index is 46.5. The van der Waals surface area contributed by atoms with Crippen LogP contribution in [-0.4, -0.2) is 5.33 Å². The van der Waals surface area contributed by atoms with Crippen molar-refractivity contribution in [2.75, 3.05) is 5.33 Å². The summed E-state index contributed by atoms with van der Waals surface area (Å²) in [4.78, 5) is 0. The van der Waals surface area contributed by atoms with Gasteiger partial charge in [0.05, 0.1) is 0 Å². The zero-order valence-electron chi connectivity index (χ0n) is 6.49. The van der Waals surface area contributed by atoms with Gasteiger partial charge in [0, 0.05) is 5.33 Å². The van der Waals surface area contributed by atoms with Crippen LogP contribution in [0.4, 0.5) is 0 Å². The van der Waals surface area contributed by atoms with E-state index in [1.54, 1.807) is 0 Å². The summed E-state index contributed by atoms with van der Waals surface area (Å²) in [5.41, 5.74) is 0. The second-order valence-corrected chi connectivity index (χ2v) is 2.95. The van der Waals surface area contributed by atoms with Crippen molar-refractivity contribution in [2.24, 2.45) is 5.92 Å². The molecule has 0 aromatic carbocycles. The largest absolute Gasteiger partial charge is 0.0925 e. The molecule has 0 spiro atoms. The van der Waals surface area contributed by atoms with Gasteiger partial charge in [0.2, 0.25) is 0 Å². The van der Waals surface area contributed by atoms with Crippen molar-refractivity contribution >= 4 is 15.9 Å². The fraction of sp³-hybridized carbons (Fsp3) is 1.00. The van der Waals surface area contributed by atoms with E-state index >= 15 is 0 Å². The molecular weight excluding hydrogens is 176 g/mol. The Kier molecular flexibility index (Phi) is 6.95. The van der Waals surface area contributed by atoms with Gasteiger partial charge in [0.1, 0.15) is 0 Å². The maximum absolute atomic E-state index is 3.48. The molecule has 0 aliphatic heterocycles. The number of alkyl halides is 1. The molecule has 0 atom stereocenters. The molecule has 0 radical (unpaired) electrons. The highest BCUT2D eigenvalue weighted by Crippen LogP contribution is 2.25. The second kappa shape index (κ2) is 6.60. The van der Waals surface area contributed by atoms with E-state index in [9.17, 15) is 0 Å². The number of rotatable bonds is 1. The molecule has 1 saturated carbocycles. The maximum atomic E-state index is 3.48. The molecule has 0 aromatic rings. The molecule has 1 fully saturated rings. The lowest BCUT2D eigenvalue weighted by Gasteiger charge is -1.98. The van der Waals surface area contributed by atoms with Crippen molar-refractivity contribution < 1.29 is 0 Å². The van der Waals surface area contributed by atoms with Crippen LogP contribution in [0.3, 0.4) is 0 Å². The molecule has 1 rings (SSSR count). The van der Waals surface area contributed by atoms with Crippen molar-refractivity contribution in [3.05, 3.63) is 0 Å². The van der Waals surface area contributed by atoms with E-state index in [2.05, 4.69) is 15.9 Å². The highest BCUT2D eigenvalue weighted by molar-refractivity contribution is 9.09. The first-order chi connectivity index (χ1) is 4.43. The SMILES string of the molecule is BrCC1CCCC1.CC. The van der Waals surface area contributed by atoms with Gasteiger partial charge in [-0.25, -0.2) is 0 Å². The molecule has 0 amide bonds. The van der Waals surface area contributed by atoms with Crippen LogP contribution in [0.25, 0.3) is 0 Å². The van der Waals surface area contributed by atoms with Crippen molar-refractivity contribution in [1.29, 1.82) is 0 Å². The van der Waals surface area contributed by atoms with Crippen LogP contribution in [0.1, 0.15) is 39.5 Å². The minimum atomic E-state index is 1.01. The fourth-order valence-electron chi connectivity index (χ4n) is 1.16. The summed E-state index contributed by atoms with van der Waals surface area (Å²) in [5.74, 6) is 1.01. The Hall–Kier alpha value is 0.480. The molecule has 0 N–H and O–H groups in total. The Morgan fingerprint density at radius 2 is 1.67 bits per heavy atom. The highest BCUT2D eigenvalue weighted by atomic mass is 79.9. The van der Waals surface area contributed by atoms with Crippen molar-refractivity contribution in [3.63, 3.8) is 0 Å². The molecule has 1 heteroatoms. The van der Waals surface area contributed by atoms with E-state index in [0.717, 1.165) is 5.92 Å².